The number of alkyl halides is 2. The van der Waals surface area contributed by atoms with E-state index in [9.17, 15) is 8.78 Å². The average Bonchev–Trinajstić information content (AvgIpc) is 2.48. The molecule has 1 atom stereocenters. The maximum atomic E-state index is 12.0. The van der Waals surface area contributed by atoms with Crippen LogP contribution in [0.2, 0.25) is 0 Å². The minimum Gasteiger partial charge on any atom is -0.497 e. The Kier molecular flexibility index (Phi) is 8.94. The third kappa shape index (κ3) is 7.97. The molecule has 1 rings (SSSR count). The lowest BCUT2D eigenvalue weighted by Crippen LogP contribution is -2.33. The Morgan fingerprint density at radius 3 is 2.76 bits per heavy atom. The first kappa shape index (κ1) is 17.9. The van der Waals surface area contributed by atoms with Gasteiger partial charge in [0.25, 0.3) is 6.43 Å². The maximum Gasteiger partial charge on any atom is 0.261 e. The Morgan fingerprint density at radius 2 is 2.10 bits per heavy atom. The highest BCUT2D eigenvalue weighted by molar-refractivity contribution is 5.28. The summed E-state index contributed by atoms with van der Waals surface area (Å²) in [5.74, 6) is 0.829. The van der Waals surface area contributed by atoms with Crippen molar-refractivity contribution in [3.63, 3.8) is 0 Å². The van der Waals surface area contributed by atoms with Crippen LogP contribution in [0, 0.1) is 0 Å². The molecule has 5 heteroatoms. The second kappa shape index (κ2) is 10.5. The number of benzene rings is 1. The number of rotatable bonds is 11. The van der Waals surface area contributed by atoms with E-state index in [1.807, 2.05) is 24.3 Å². The van der Waals surface area contributed by atoms with Crippen LogP contribution < -0.4 is 10.1 Å². The van der Waals surface area contributed by atoms with Gasteiger partial charge in [0.15, 0.2) is 0 Å². The number of hydrogen-bond acceptors (Lipinski definition) is 3. The molecule has 0 aliphatic carbocycles. The van der Waals surface area contributed by atoms with Crippen molar-refractivity contribution in [2.24, 2.45) is 0 Å². The number of ether oxygens (including phenoxy) is 2. The molecule has 0 radical (unpaired) electrons. The van der Waals surface area contributed by atoms with Gasteiger partial charge >= 0.3 is 0 Å². The lowest BCUT2D eigenvalue weighted by molar-refractivity contribution is 0.0144. The highest BCUT2D eigenvalue weighted by Crippen LogP contribution is 2.15. The van der Waals surface area contributed by atoms with E-state index in [0.29, 0.717) is 13.0 Å². The summed E-state index contributed by atoms with van der Waals surface area (Å²) in [5, 5.41) is 3.44. The molecular weight excluding hydrogens is 276 g/mol. The molecule has 0 saturated heterocycles. The van der Waals surface area contributed by atoms with Crippen LogP contribution in [0.3, 0.4) is 0 Å². The van der Waals surface area contributed by atoms with Gasteiger partial charge in [0.05, 0.1) is 7.11 Å². The lowest BCUT2D eigenvalue weighted by Gasteiger charge is -2.19. The van der Waals surface area contributed by atoms with E-state index in [1.165, 1.54) is 0 Å². The number of nitrogens with one attached hydrogen (secondary N) is 1. The zero-order valence-corrected chi connectivity index (χ0v) is 12.8. The molecule has 1 N–H and O–H groups in total. The predicted octanol–water partition coefficient (Wildman–Crippen LogP) is 3.28. The Balaban J connectivity index is 2.47. The van der Waals surface area contributed by atoms with Gasteiger partial charge in [-0.05, 0) is 43.5 Å². The standard InChI is InChI=1S/C16H25F2NO2/c1-3-8-19-14(7-9-21-12-16(17)18)10-13-5-4-6-15(11-13)20-2/h4-6,11,14,16,19H,3,7-10,12H2,1-2H3. The van der Waals surface area contributed by atoms with E-state index in [1.54, 1.807) is 7.11 Å². The summed E-state index contributed by atoms with van der Waals surface area (Å²) in [5.41, 5.74) is 1.16. The van der Waals surface area contributed by atoms with Crippen LogP contribution in [-0.2, 0) is 11.2 Å². The fraction of sp³-hybridized carbons (Fsp3) is 0.625. The Hall–Kier alpha value is -1.20. The minimum absolute atomic E-state index is 0.217. The highest BCUT2D eigenvalue weighted by Gasteiger charge is 2.10. The van der Waals surface area contributed by atoms with Gasteiger partial charge in [0, 0.05) is 12.6 Å². The average molecular weight is 301 g/mol. The van der Waals surface area contributed by atoms with Gasteiger partial charge in [0.1, 0.15) is 12.4 Å². The summed E-state index contributed by atoms with van der Waals surface area (Å²) in [6, 6.07) is 8.13. The normalized spacial score (nSPS) is 12.6. The molecule has 0 bridgehead atoms. The molecule has 0 aliphatic heterocycles. The van der Waals surface area contributed by atoms with Crippen LogP contribution in [0.5, 0.6) is 5.75 Å². The Morgan fingerprint density at radius 1 is 1.29 bits per heavy atom. The number of methoxy groups -OCH3 is 1. The third-order valence-corrected chi connectivity index (χ3v) is 3.15. The molecule has 0 heterocycles. The molecule has 120 valence electrons. The van der Waals surface area contributed by atoms with Crippen molar-refractivity contribution >= 4 is 0 Å². The lowest BCUT2D eigenvalue weighted by atomic mass is 10.0. The van der Waals surface area contributed by atoms with Crippen molar-refractivity contribution in [1.29, 1.82) is 0 Å². The first-order valence-corrected chi connectivity index (χ1v) is 7.38. The third-order valence-electron chi connectivity index (χ3n) is 3.15. The second-order valence-electron chi connectivity index (χ2n) is 4.96. The zero-order valence-electron chi connectivity index (χ0n) is 12.8. The van der Waals surface area contributed by atoms with Gasteiger partial charge in [-0.15, -0.1) is 0 Å². The summed E-state index contributed by atoms with van der Waals surface area (Å²) in [6.45, 7) is 2.86. The molecule has 1 aromatic rings. The van der Waals surface area contributed by atoms with Crippen LogP contribution in [0.15, 0.2) is 24.3 Å². The molecular formula is C16H25F2NO2. The predicted molar refractivity (Wildman–Crippen MR) is 80.2 cm³/mol. The van der Waals surface area contributed by atoms with Gasteiger partial charge in [-0.2, -0.15) is 0 Å². The number of hydrogen-bond donors (Lipinski definition) is 1. The summed E-state index contributed by atoms with van der Waals surface area (Å²) < 4.78 is 34.3. The van der Waals surface area contributed by atoms with E-state index < -0.39 is 13.0 Å². The van der Waals surface area contributed by atoms with E-state index >= 15 is 0 Å². The molecule has 1 unspecified atom stereocenters. The van der Waals surface area contributed by atoms with E-state index in [2.05, 4.69) is 12.2 Å². The van der Waals surface area contributed by atoms with Crippen LogP contribution in [-0.4, -0.2) is 39.3 Å². The molecule has 0 aromatic heterocycles. The van der Waals surface area contributed by atoms with E-state index in [0.717, 1.165) is 30.7 Å². The first-order valence-electron chi connectivity index (χ1n) is 7.38. The van der Waals surface area contributed by atoms with Crippen LogP contribution in [0.4, 0.5) is 8.78 Å². The van der Waals surface area contributed by atoms with Crippen LogP contribution >= 0.6 is 0 Å². The summed E-state index contributed by atoms with van der Waals surface area (Å²) in [4.78, 5) is 0. The van der Waals surface area contributed by atoms with Crippen molar-refractivity contribution in [2.45, 2.75) is 38.7 Å². The van der Waals surface area contributed by atoms with E-state index in [4.69, 9.17) is 9.47 Å². The van der Waals surface area contributed by atoms with Gasteiger partial charge in [-0.1, -0.05) is 19.1 Å². The molecule has 0 aliphatic rings. The van der Waals surface area contributed by atoms with Crippen molar-refractivity contribution in [3.8, 4) is 5.75 Å². The SMILES string of the molecule is CCCNC(CCOCC(F)F)Cc1cccc(OC)c1. The van der Waals surface area contributed by atoms with Crippen molar-refractivity contribution in [1.82, 2.24) is 5.32 Å². The van der Waals surface area contributed by atoms with Crippen molar-refractivity contribution < 1.29 is 18.3 Å². The van der Waals surface area contributed by atoms with Gasteiger partial charge < -0.3 is 14.8 Å². The molecule has 0 saturated carbocycles. The fourth-order valence-electron chi connectivity index (χ4n) is 2.11. The largest absolute Gasteiger partial charge is 0.497 e. The molecule has 1 aromatic carbocycles. The Bertz CT molecular complexity index is 388. The molecule has 3 nitrogen and oxygen atoms in total. The van der Waals surface area contributed by atoms with Gasteiger partial charge in [-0.3, -0.25) is 0 Å². The fourth-order valence-corrected chi connectivity index (χ4v) is 2.11. The quantitative estimate of drug-likeness (QED) is 0.636. The zero-order chi connectivity index (χ0) is 15.5. The number of halogens is 2. The Labute approximate surface area is 125 Å². The molecule has 0 fully saturated rings. The second-order valence-corrected chi connectivity index (χ2v) is 4.96. The monoisotopic (exact) mass is 301 g/mol. The summed E-state index contributed by atoms with van der Waals surface area (Å²) in [6.07, 6.45) is 0.177. The van der Waals surface area contributed by atoms with Crippen LogP contribution in [0.1, 0.15) is 25.3 Å². The minimum atomic E-state index is -2.40. The van der Waals surface area contributed by atoms with Gasteiger partial charge in [-0.25, -0.2) is 8.78 Å². The van der Waals surface area contributed by atoms with Crippen LogP contribution in [0.25, 0.3) is 0 Å². The molecule has 0 spiro atoms. The van der Waals surface area contributed by atoms with E-state index in [-0.39, 0.29) is 6.04 Å². The first-order chi connectivity index (χ1) is 10.2. The maximum absolute atomic E-state index is 12.0. The highest BCUT2D eigenvalue weighted by atomic mass is 19.3. The summed E-state index contributed by atoms with van der Waals surface area (Å²) >= 11 is 0. The topological polar surface area (TPSA) is 30.5 Å². The molecule has 21 heavy (non-hydrogen) atoms. The smallest absolute Gasteiger partial charge is 0.261 e. The van der Waals surface area contributed by atoms with Crippen molar-refractivity contribution in [3.05, 3.63) is 29.8 Å². The van der Waals surface area contributed by atoms with Crippen molar-refractivity contribution in [2.75, 3.05) is 26.9 Å². The van der Waals surface area contributed by atoms with Gasteiger partial charge in [0.2, 0.25) is 0 Å². The molecule has 0 amide bonds. The summed E-state index contributed by atoms with van der Waals surface area (Å²) in [7, 11) is 1.64.